The minimum atomic E-state index is -0.476. The van der Waals surface area contributed by atoms with Crippen molar-refractivity contribution >= 4 is 5.91 Å². The van der Waals surface area contributed by atoms with E-state index in [1.54, 1.807) is 49.4 Å². The molecule has 0 aliphatic rings. The highest BCUT2D eigenvalue weighted by atomic mass is 16.3. The van der Waals surface area contributed by atoms with E-state index in [4.69, 9.17) is 0 Å². The zero-order chi connectivity index (χ0) is 20.1. The number of unbranched alkanes of at least 4 members (excludes halogenated alkanes) is 1. The lowest BCUT2D eigenvalue weighted by Crippen LogP contribution is -2.24. The molecule has 0 fully saturated rings. The standard InChI is InChI=1S/C22H23N3O3/c1-3-4-10-23-21(27)17-7-5-6-15(12-17)18-13-19(25-22(28)24-18)16-8-9-20(26)14(2)11-16/h5-9,11-13,26H,3-4,10H2,1-2H3,(H,23,27)(H,24,25,28). The van der Waals surface area contributed by atoms with Crippen LogP contribution in [0.4, 0.5) is 0 Å². The van der Waals surface area contributed by atoms with Crippen LogP contribution in [0.3, 0.4) is 0 Å². The van der Waals surface area contributed by atoms with Crippen molar-refractivity contribution in [2.24, 2.45) is 0 Å². The molecule has 6 heteroatoms. The van der Waals surface area contributed by atoms with Gasteiger partial charge in [0.05, 0.1) is 11.4 Å². The Kier molecular flexibility index (Phi) is 5.89. The fourth-order valence-electron chi connectivity index (χ4n) is 2.88. The van der Waals surface area contributed by atoms with E-state index in [0.717, 1.165) is 18.4 Å². The van der Waals surface area contributed by atoms with Gasteiger partial charge in [0.2, 0.25) is 0 Å². The van der Waals surface area contributed by atoms with E-state index in [-0.39, 0.29) is 11.7 Å². The zero-order valence-electron chi connectivity index (χ0n) is 16.0. The Balaban J connectivity index is 1.95. The maximum Gasteiger partial charge on any atom is 0.345 e. The van der Waals surface area contributed by atoms with Crippen LogP contribution < -0.4 is 11.0 Å². The summed E-state index contributed by atoms with van der Waals surface area (Å²) in [5.74, 6) is 0.0525. The summed E-state index contributed by atoms with van der Waals surface area (Å²) in [5, 5.41) is 12.6. The smallest absolute Gasteiger partial charge is 0.345 e. The number of rotatable bonds is 6. The molecule has 0 aliphatic carbocycles. The molecule has 0 saturated heterocycles. The molecule has 0 unspecified atom stereocenters. The fourth-order valence-corrected chi connectivity index (χ4v) is 2.88. The fraction of sp³-hybridized carbons (Fsp3) is 0.227. The molecule has 0 saturated carbocycles. The molecule has 6 nitrogen and oxygen atoms in total. The first-order valence-electron chi connectivity index (χ1n) is 9.28. The number of hydrogen-bond acceptors (Lipinski definition) is 4. The lowest BCUT2D eigenvalue weighted by Gasteiger charge is -2.08. The Labute approximate surface area is 163 Å². The second-order valence-corrected chi connectivity index (χ2v) is 6.68. The summed E-state index contributed by atoms with van der Waals surface area (Å²) < 4.78 is 0. The lowest BCUT2D eigenvalue weighted by molar-refractivity contribution is 0.0953. The van der Waals surface area contributed by atoms with Gasteiger partial charge in [-0.25, -0.2) is 4.79 Å². The number of H-pyrrole nitrogens is 1. The highest BCUT2D eigenvalue weighted by Gasteiger charge is 2.10. The molecular formula is C22H23N3O3. The van der Waals surface area contributed by atoms with Crippen molar-refractivity contribution in [2.45, 2.75) is 26.7 Å². The monoisotopic (exact) mass is 377 g/mol. The molecule has 28 heavy (non-hydrogen) atoms. The molecule has 3 aromatic rings. The van der Waals surface area contributed by atoms with Crippen molar-refractivity contribution in [1.29, 1.82) is 0 Å². The largest absolute Gasteiger partial charge is 0.508 e. The van der Waals surface area contributed by atoms with Crippen LogP contribution >= 0.6 is 0 Å². The lowest BCUT2D eigenvalue weighted by atomic mass is 10.0. The first kappa shape index (κ1) is 19.4. The second-order valence-electron chi connectivity index (χ2n) is 6.68. The molecule has 3 rings (SSSR count). The maximum absolute atomic E-state index is 12.3. The van der Waals surface area contributed by atoms with Crippen LogP contribution in [0.1, 0.15) is 35.7 Å². The molecule has 1 heterocycles. The summed E-state index contributed by atoms with van der Waals surface area (Å²) in [6, 6.07) is 13.9. The Morgan fingerprint density at radius 2 is 1.96 bits per heavy atom. The average Bonchev–Trinajstić information content (AvgIpc) is 2.70. The highest BCUT2D eigenvalue weighted by Crippen LogP contribution is 2.26. The minimum Gasteiger partial charge on any atom is -0.508 e. The third kappa shape index (κ3) is 4.46. The predicted octanol–water partition coefficient (Wildman–Crippen LogP) is 3.65. The topological polar surface area (TPSA) is 95.1 Å². The van der Waals surface area contributed by atoms with E-state index in [0.29, 0.717) is 34.6 Å². The van der Waals surface area contributed by atoms with Crippen LogP contribution in [0.2, 0.25) is 0 Å². The number of nitrogens with zero attached hydrogens (tertiary/aromatic N) is 1. The van der Waals surface area contributed by atoms with Gasteiger partial charge in [-0.05, 0) is 60.9 Å². The van der Waals surface area contributed by atoms with Gasteiger partial charge in [-0.15, -0.1) is 0 Å². The van der Waals surface area contributed by atoms with Crippen molar-refractivity contribution in [3.63, 3.8) is 0 Å². The Morgan fingerprint density at radius 1 is 1.14 bits per heavy atom. The number of nitrogens with one attached hydrogen (secondary N) is 2. The SMILES string of the molecule is CCCCNC(=O)c1cccc(-c2cc(-c3ccc(O)c(C)c3)[nH]c(=O)n2)c1. The third-order valence-electron chi connectivity index (χ3n) is 4.49. The van der Waals surface area contributed by atoms with Crippen LogP contribution in [-0.4, -0.2) is 27.5 Å². The molecule has 2 aromatic carbocycles. The van der Waals surface area contributed by atoms with E-state index in [1.807, 2.05) is 6.07 Å². The van der Waals surface area contributed by atoms with E-state index in [1.165, 1.54) is 0 Å². The quantitative estimate of drug-likeness (QED) is 0.572. The Morgan fingerprint density at radius 3 is 2.71 bits per heavy atom. The summed E-state index contributed by atoms with van der Waals surface area (Å²) in [6.45, 7) is 4.49. The van der Waals surface area contributed by atoms with E-state index < -0.39 is 5.69 Å². The van der Waals surface area contributed by atoms with Gasteiger partial charge in [-0.1, -0.05) is 25.5 Å². The van der Waals surface area contributed by atoms with Crippen LogP contribution in [0.25, 0.3) is 22.5 Å². The number of aromatic nitrogens is 2. The van der Waals surface area contributed by atoms with Gasteiger partial charge in [-0.2, -0.15) is 4.98 Å². The predicted molar refractivity (Wildman–Crippen MR) is 109 cm³/mol. The van der Waals surface area contributed by atoms with E-state index in [2.05, 4.69) is 22.2 Å². The number of amides is 1. The number of carbonyl (C=O) groups excluding carboxylic acids is 1. The third-order valence-corrected chi connectivity index (χ3v) is 4.49. The number of aromatic amines is 1. The van der Waals surface area contributed by atoms with Gasteiger partial charge in [0, 0.05) is 17.7 Å². The van der Waals surface area contributed by atoms with Crippen molar-refractivity contribution in [1.82, 2.24) is 15.3 Å². The van der Waals surface area contributed by atoms with Crippen molar-refractivity contribution < 1.29 is 9.90 Å². The molecule has 1 amide bonds. The molecule has 0 aliphatic heterocycles. The van der Waals surface area contributed by atoms with Gasteiger partial charge in [-0.3, -0.25) is 4.79 Å². The number of aromatic hydroxyl groups is 1. The molecule has 0 atom stereocenters. The molecule has 1 aromatic heterocycles. The van der Waals surface area contributed by atoms with Crippen LogP contribution in [0.15, 0.2) is 53.3 Å². The number of carbonyl (C=O) groups is 1. The molecular weight excluding hydrogens is 354 g/mol. The first-order valence-corrected chi connectivity index (χ1v) is 9.28. The number of benzene rings is 2. The van der Waals surface area contributed by atoms with Crippen LogP contribution in [0.5, 0.6) is 5.75 Å². The van der Waals surface area contributed by atoms with Crippen LogP contribution in [0, 0.1) is 6.92 Å². The Hall–Kier alpha value is -3.41. The van der Waals surface area contributed by atoms with E-state index >= 15 is 0 Å². The molecule has 0 radical (unpaired) electrons. The van der Waals surface area contributed by atoms with E-state index in [9.17, 15) is 14.7 Å². The van der Waals surface area contributed by atoms with Crippen LogP contribution in [-0.2, 0) is 0 Å². The van der Waals surface area contributed by atoms with Gasteiger partial charge in [0.15, 0.2) is 0 Å². The minimum absolute atomic E-state index is 0.144. The summed E-state index contributed by atoms with van der Waals surface area (Å²) >= 11 is 0. The summed E-state index contributed by atoms with van der Waals surface area (Å²) in [7, 11) is 0. The number of aryl methyl sites for hydroxylation is 1. The number of hydrogen-bond donors (Lipinski definition) is 3. The molecule has 144 valence electrons. The molecule has 0 spiro atoms. The number of phenolic OH excluding ortho intramolecular Hbond substituents is 1. The van der Waals surface area contributed by atoms with Gasteiger partial charge >= 0.3 is 5.69 Å². The summed E-state index contributed by atoms with van der Waals surface area (Å²) in [6.07, 6.45) is 1.94. The summed E-state index contributed by atoms with van der Waals surface area (Å²) in [4.78, 5) is 31.2. The zero-order valence-corrected chi connectivity index (χ0v) is 16.0. The maximum atomic E-state index is 12.3. The molecule has 3 N–H and O–H groups in total. The second kappa shape index (κ2) is 8.52. The van der Waals surface area contributed by atoms with Crippen molar-refractivity contribution in [2.75, 3.05) is 6.54 Å². The highest BCUT2D eigenvalue weighted by molar-refractivity contribution is 5.95. The Bertz CT molecular complexity index is 1060. The normalized spacial score (nSPS) is 10.6. The average molecular weight is 377 g/mol. The number of phenols is 1. The van der Waals surface area contributed by atoms with Gasteiger partial charge in [0.25, 0.3) is 5.91 Å². The van der Waals surface area contributed by atoms with Crippen molar-refractivity contribution in [3.8, 4) is 28.3 Å². The van der Waals surface area contributed by atoms with Crippen molar-refractivity contribution in [3.05, 3.63) is 70.1 Å². The molecule has 0 bridgehead atoms. The first-order chi connectivity index (χ1) is 13.5. The summed E-state index contributed by atoms with van der Waals surface area (Å²) in [5.41, 5.74) is 3.29. The van der Waals surface area contributed by atoms with Gasteiger partial charge in [0.1, 0.15) is 5.75 Å². The van der Waals surface area contributed by atoms with Gasteiger partial charge < -0.3 is 15.4 Å².